The molecule has 1 aliphatic heterocycles. The van der Waals surface area contributed by atoms with Crippen molar-refractivity contribution in [3.05, 3.63) is 35.4 Å². The number of nitrogens with zero attached hydrogens (tertiary/aromatic N) is 1. The molecule has 6 nitrogen and oxygen atoms in total. The topological polar surface area (TPSA) is 60.0 Å². The van der Waals surface area contributed by atoms with E-state index in [4.69, 9.17) is 14.2 Å². The first kappa shape index (κ1) is 21.3. The van der Waals surface area contributed by atoms with Crippen LogP contribution >= 0.6 is 0 Å². The summed E-state index contributed by atoms with van der Waals surface area (Å²) in [4.78, 5) is 14.9. The second-order valence-corrected chi connectivity index (χ2v) is 7.01. The number of allylic oxidation sites excluding steroid dienone is 1. The van der Waals surface area contributed by atoms with E-state index >= 15 is 0 Å². The number of hydrogen-bond donors (Lipinski definition) is 1. The lowest BCUT2D eigenvalue weighted by atomic mass is 10.1. The standard InChI is InChI=1S/C21H32N2O4/c1-16(2)7-11-23-12-8-17(9-13-23)27-20-15-18(26-4)5-6-19(20)21(24)22-10-14-25-3/h5-7,15,17H,8-14H2,1-4H3,(H,22,24). The van der Waals surface area contributed by atoms with Gasteiger partial charge >= 0.3 is 0 Å². The van der Waals surface area contributed by atoms with Crippen LogP contribution in [0.5, 0.6) is 11.5 Å². The van der Waals surface area contributed by atoms with Crippen LogP contribution in [0.4, 0.5) is 0 Å². The monoisotopic (exact) mass is 376 g/mol. The van der Waals surface area contributed by atoms with Crippen LogP contribution < -0.4 is 14.8 Å². The number of likely N-dealkylation sites (tertiary alicyclic amines) is 1. The van der Waals surface area contributed by atoms with Gasteiger partial charge in [-0.25, -0.2) is 0 Å². The van der Waals surface area contributed by atoms with Crippen molar-refractivity contribution in [3.63, 3.8) is 0 Å². The maximum absolute atomic E-state index is 12.5. The second-order valence-electron chi connectivity index (χ2n) is 7.01. The summed E-state index contributed by atoms with van der Waals surface area (Å²) in [6, 6.07) is 5.32. The van der Waals surface area contributed by atoms with Crippen molar-refractivity contribution in [1.29, 1.82) is 0 Å². The van der Waals surface area contributed by atoms with Gasteiger partial charge in [0.15, 0.2) is 0 Å². The predicted molar refractivity (Wildman–Crippen MR) is 107 cm³/mol. The summed E-state index contributed by atoms with van der Waals surface area (Å²) < 4.78 is 16.5. The summed E-state index contributed by atoms with van der Waals surface area (Å²) in [5.41, 5.74) is 1.87. The van der Waals surface area contributed by atoms with E-state index in [-0.39, 0.29) is 12.0 Å². The van der Waals surface area contributed by atoms with Crippen LogP contribution in [0.25, 0.3) is 0 Å². The van der Waals surface area contributed by atoms with Crippen LogP contribution in [0.3, 0.4) is 0 Å². The molecule has 150 valence electrons. The molecular weight excluding hydrogens is 344 g/mol. The second kappa shape index (κ2) is 10.9. The van der Waals surface area contributed by atoms with Gasteiger partial charge in [0.25, 0.3) is 5.91 Å². The number of piperidine rings is 1. The van der Waals surface area contributed by atoms with Crippen molar-refractivity contribution < 1.29 is 19.0 Å². The molecule has 0 saturated carbocycles. The lowest BCUT2D eigenvalue weighted by Gasteiger charge is -2.32. The molecule has 0 unspecified atom stereocenters. The Hall–Kier alpha value is -2.05. The van der Waals surface area contributed by atoms with Crippen LogP contribution in [0.15, 0.2) is 29.8 Å². The largest absolute Gasteiger partial charge is 0.497 e. The average Bonchev–Trinajstić information content (AvgIpc) is 2.67. The van der Waals surface area contributed by atoms with Crippen molar-refractivity contribution in [3.8, 4) is 11.5 Å². The number of methoxy groups -OCH3 is 2. The van der Waals surface area contributed by atoms with Gasteiger partial charge in [0.2, 0.25) is 0 Å². The minimum Gasteiger partial charge on any atom is -0.497 e. The van der Waals surface area contributed by atoms with Crippen molar-refractivity contribution >= 4 is 5.91 Å². The minimum atomic E-state index is -0.161. The molecule has 1 amide bonds. The Bertz CT molecular complexity index is 633. The molecule has 1 fully saturated rings. The van der Waals surface area contributed by atoms with Gasteiger partial charge in [0, 0.05) is 39.4 Å². The molecule has 0 bridgehead atoms. The van der Waals surface area contributed by atoms with Gasteiger partial charge in [-0.05, 0) is 38.8 Å². The van der Waals surface area contributed by atoms with Gasteiger partial charge in [-0.3, -0.25) is 9.69 Å². The Morgan fingerprint density at radius 3 is 2.63 bits per heavy atom. The van der Waals surface area contributed by atoms with Crippen LogP contribution in [0.2, 0.25) is 0 Å². The van der Waals surface area contributed by atoms with E-state index in [1.165, 1.54) is 5.57 Å². The van der Waals surface area contributed by atoms with E-state index in [9.17, 15) is 4.79 Å². The Morgan fingerprint density at radius 2 is 2.00 bits per heavy atom. The number of benzene rings is 1. The lowest BCUT2D eigenvalue weighted by molar-refractivity contribution is 0.0905. The summed E-state index contributed by atoms with van der Waals surface area (Å²) in [5.74, 6) is 1.09. The van der Waals surface area contributed by atoms with Gasteiger partial charge in [-0.2, -0.15) is 0 Å². The van der Waals surface area contributed by atoms with E-state index in [1.54, 1.807) is 32.4 Å². The molecule has 1 aromatic carbocycles. The number of carbonyl (C=O) groups excluding carboxylic acids is 1. The van der Waals surface area contributed by atoms with Crippen LogP contribution in [0.1, 0.15) is 37.0 Å². The molecule has 1 aliphatic rings. The number of carbonyl (C=O) groups is 1. The molecule has 27 heavy (non-hydrogen) atoms. The molecule has 1 heterocycles. The normalized spacial score (nSPS) is 15.3. The highest BCUT2D eigenvalue weighted by molar-refractivity contribution is 5.97. The predicted octanol–water partition coefficient (Wildman–Crippen LogP) is 2.88. The van der Waals surface area contributed by atoms with E-state index in [2.05, 4.69) is 30.1 Å². The maximum atomic E-state index is 12.5. The van der Waals surface area contributed by atoms with Crippen molar-refractivity contribution in [2.24, 2.45) is 0 Å². The Balaban J connectivity index is 2.00. The lowest BCUT2D eigenvalue weighted by Crippen LogP contribution is -2.38. The molecule has 1 N–H and O–H groups in total. The summed E-state index contributed by atoms with van der Waals surface area (Å²) in [6.45, 7) is 8.16. The quantitative estimate of drug-likeness (QED) is 0.530. The van der Waals surface area contributed by atoms with Crippen LogP contribution in [0, 0.1) is 0 Å². The van der Waals surface area contributed by atoms with E-state index in [1.807, 2.05) is 0 Å². The zero-order valence-electron chi connectivity index (χ0n) is 16.9. The fourth-order valence-corrected chi connectivity index (χ4v) is 2.98. The fraction of sp³-hybridized carbons (Fsp3) is 0.571. The Labute approximate surface area is 162 Å². The van der Waals surface area contributed by atoms with Crippen molar-refractivity contribution in [2.75, 3.05) is 47.0 Å². The first-order valence-electron chi connectivity index (χ1n) is 9.51. The first-order chi connectivity index (χ1) is 13.0. The highest BCUT2D eigenvalue weighted by Crippen LogP contribution is 2.28. The maximum Gasteiger partial charge on any atom is 0.255 e. The molecule has 1 saturated heterocycles. The van der Waals surface area contributed by atoms with E-state index in [0.29, 0.717) is 30.2 Å². The summed E-state index contributed by atoms with van der Waals surface area (Å²) >= 11 is 0. The fourth-order valence-electron chi connectivity index (χ4n) is 2.98. The van der Waals surface area contributed by atoms with Crippen molar-refractivity contribution in [2.45, 2.75) is 32.8 Å². The van der Waals surface area contributed by atoms with Crippen LogP contribution in [-0.4, -0.2) is 63.9 Å². The molecule has 0 aromatic heterocycles. The van der Waals surface area contributed by atoms with Gasteiger partial charge < -0.3 is 19.5 Å². The number of rotatable bonds is 9. The Morgan fingerprint density at radius 1 is 1.26 bits per heavy atom. The zero-order chi connectivity index (χ0) is 19.6. The van der Waals surface area contributed by atoms with Gasteiger partial charge in [0.05, 0.1) is 19.3 Å². The smallest absolute Gasteiger partial charge is 0.255 e. The molecule has 6 heteroatoms. The Kier molecular flexibility index (Phi) is 8.61. The number of ether oxygens (including phenoxy) is 3. The molecule has 0 radical (unpaired) electrons. The molecule has 2 rings (SSSR count). The van der Waals surface area contributed by atoms with Crippen molar-refractivity contribution in [1.82, 2.24) is 10.2 Å². The molecular formula is C21H32N2O4. The third-order valence-corrected chi connectivity index (χ3v) is 4.61. The summed E-state index contributed by atoms with van der Waals surface area (Å²) in [5, 5.41) is 2.85. The molecule has 0 spiro atoms. The summed E-state index contributed by atoms with van der Waals surface area (Å²) in [7, 11) is 3.22. The number of hydrogen-bond acceptors (Lipinski definition) is 5. The van der Waals surface area contributed by atoms with E-state index in [0.717, 1.165) is 32.5 Å². The van der Waals surface area contributed by atoms with E-state index < -0.39 is 0 Å². The molecule has 0 aliphatic carbocycles. The first-order valence-corrected chi connectivity index (χ1v) is 9.51. The van der Waals surface area contributed by atoms with Gasteiger partial charge in [-0.1, -0.05) is 11.6 Å². The zero-order valence-corrected chi connectivity index (χ0v) is 16.9. The number of nitrogens with one attached hydrogen (secondary N) is 1. The highest BCUT2D eigenvalue weighted by Gasteiger charge is 2.22. The van der Waals surface area contributed by atoms with Crippen LogP contribution in [-0.2, 0) is 4.74 Å². The third-order valence-electron chi connectivity index (χ3n) is 4.61. The molecule has 1 aromatic rings. The van der Waals surface area contributed by atoms with Gasteiger partial charge in [-0.15, -0.1) is 0 Å². The minimum absolute atomic E-state index is 0.102. The molecule has 0 atom stereocenters. The average molecular weight is 376 g/mol. The SMILES string of the molecule is COCCNC(=O)c1ccc(OC)cc1OC1CCN(CC=C(C)C)CC1. The third kappa shape index (κ3) is 6.88. The van der Waals surface area contributed by atoms with Gasteiger partial charge in [0.1, 0.15) is 17.6 Å². The number of amides is 1. The highest BCUT2D eigenvalue weighted by atomic mass is 16.5. The summed E-state index contributed by atoms with van der Waals surface area (Å²) in [6.07, 6.45) is 4.24.